The molecule has 6 heteroatoms. The van der Waals surface area contributed by atoms with E-state index in [0.717, 1.165) is 0 Å². The molecule has 0 radical (unpaired) electrons. The summed E-state index contributed by atoms with van der Waals surface area (Å²) in [4.78, 5) is 33.9. The van der Waals surface area contributed by atoms with Gasteiger partial charge in [-0.05, 0) is 5.41 Å². The first kappa shape index (κ1) is 11.6. The number of ether oxygens (including phenoxy) is 1. The molecule has 1 aliphatic heterocycles. The Kier molecular flexibility index (Phi) is 2.81. The second-order valence-electron chi connectivity index (χ2n) is 4.45. The van der Waals surface area contributed by atoms with Crippen LogP contribution in [0.25, 0.3) is 0 Å². The normalized spacial score (nSPS) is 28.1. The van der Waals surface area contributed by atoms with Crippen LogP contribution in [0.1, 0.15) is 20.8 Å². The highest BCUT2D eigenvalue weighted by molar-refractivity contribution is 6.09. The quantitative estimate of drug-likeness (QED) is 0.546. The maximum Gasteiger partial charge on any atom is 0.416 e. The fraction of sp³-hybridized carbons (Fsp3) is 0.667. The first-order chi connectivity index (χ1) is 6.73. The van der Waals surface area contributed by atoms with Gasteiger partial charge in [0.1, 0.15) is 5.92 Å². The zero-order chi connectivity index (χ0) is 11.8. The summed E-state index contributed by atoms with van der Waals surface area (Å²) in [5, 5.41) is 11.1. The number of aliphatic hydroxyl groups is 1. The molecule has 2 unspecified atom stereocenters. The molecule has 0 aromatic heterocycles. The standard InChI is InChI=1S/C9H13NO5/c1-9(2,3)4-5(11)7(13)15-8(14)10-6(4)12/h4,7,13H,1-3H3,(H,10,12,14). The van der Waals surface area contributed by atoms with Crippen LogP contribution in [0.5, 0.6) is 0 Å². The van der Waals surface area contributed by atoms with Crippen molar-refractivity contribution < 1.29 is 24.2 Å². The molecular weight excluding hydrogens is 202 g/mol. The number of hydrogen-bond acceptors (Lipinski definition) is 5. The number of imide groups is 1. The van der Waals surface area contributed by atoms with Crippen LogP contribution in [0.3, 0.4) is 0 Å². The largest absolute Gasteiger partial charge is 0.416 e. The van der Waals surface area contributed by atoms with Crippen LogP contribution in [0.4, 0.5) is 4.79 Å². The lowest BCUT2D eigenvalue weighted by atomic mass is 9.77. The van der Waals surface area contributed by atoms with Crippen molar-refractivity contribution in [1.82, 2.24) is 5.32 Å². The Labute approximate surface area is 86.6 Å². The number of hydrogen-bond donors (Lipinski definition) is 2. The van der Waals surface area contributed by atoms with E-state index in [2.05, 4.69) is 4.74 Å². The lowest BCUT2D eigenvalue weighted by molar-refractivity contribution is -0.153. The van der Waals surface area contributed by atoms with Gasteiger partial charge in [0.15, 0.2) is 0 Å². The molecule has 6 nitrogen and oxygen atoms in total. The van der Waals surface area contributed by atoms with Crippen LogP contribution < -0.4 is 5.32 Å². The summed E-state index contributed by atoms with van der Waals surface area (Å²) >= 11 is 0. The van der Waals surface area contributed by atoms with E-state index in [1.54, 1.807) is 20.8 Å². The van der Waals surface area contributed by atoms with E-state index in [1.807, 2.05) is 5.32 Å². The number of cyclic esters (lactones) is 1. The van der Waals surface area contributed by atoms with Gasteiger partial charge in [0.2, 0.25) is 11.7 Å². The monoisotopic (exact) mass is 215 g/mol. The first-order valence-electron chi connectivity index (χ1n) is 4.47. The lowest BCUT2D eigenvalue weighted by Crippen LogP contribution is -2.43. The third-order valence-corrected chi connectivity index (χ3v) is 2.10. The molecule has 1 rings (SSSR count). The Bertz CT molecular complexity index is 317. The van der Waals surface area contributed by atoms with Crippen molar-refractivity contribution in [3.8, 4) is 0 Å². The first-order valence-corrected chi connectivity index (χ1v) is 4.47. The SMILES string of the molecule is CC(C)(C)C1C(=O)NC(=O)OC(O)C1=O. The van der Waals surface area contributed by atoms with Crippen molar-refractivity contribution in [2.45, 2.75) is 27.1 Å². The molecule has 2 N–H and O–H groups in total. The highest BCUT2D eigenvalue weighted by Crippen LogP contribution is 2.29. The summed E-state index contributed by atoms with van der Waals surface area (Å²) in [5.74, 6) is -2.64. The molecule has 0 aromatic rings. The summed E-state index contributed by atoms with van der Waals surface area (Å²) in [7, 11) is 0. The highest BCUT2D eigenvalue weighted by Gasteiger charge is 2.44. The number of amides is 2. The van der Waals surface area contributed by atoms with Gasteiger partial charge in [-0.25, -0.2) is 4.79 Å². The van der Waals surface area contributed by atoms with Crippen molar-refractivity contribution in [2.75, 3.05) is 0 Å². The Balaban J connectivity index is 3.07. The molecule has 2 amide bonds. The maximum atomic E-state index is 11.6. The van der Waals surface area contributed by atoms with E-state index in [1.165, 1.54) is 0 Å². The Morgan fingerprint density at radius 3 is 2.27 bits per heavy atom. The van der Waals surface area contributed by atoms with Crippen molar-refractivity contribution in [1.29, 1.82) is 0 Å². The van der Waals surface area contributed by atoms with E-state index in [-0.39, 0.29) is 0 Å². The van der Waals surface area contributed by atoms with Crippen LogP contribution in [0.2, 0.25) is 0 Å². The van der Waals surface area contributed by atoms with Gasteiger partial charge in [0, 0.05) is 0 Å². The molecule has 0 spiro atoms. The lowest BCUT2D eigenvalue weighted by Gasteiger charge is -2.26. The minimum Gasteiger partial charge on any atom is -0.412 e. The Morgan fingerprint density at radius 2 is 1.80 bits per heavy atom. The fourth-order valence-electron chi connectivity index (χ4n) is 1.45. The zero-order valence-electron chi connectivity index (χ0n) is 8.73. The fourth-order valence-corrected chi connectivity index (χ4v) is 1.45. The van der Waals surface area contributed by atoms with Gasteiger partial charge >= 0.3 is 6.09 Å². The Morgan fingerprint density at radius 1 is 1.27 bits per heavy atom. The van der Waals surface area contributed by atoms with Crippen LogP contribution in [-0.2, 0) is 14.3 Å². The molecule has 2 atom stereocenters. The molecule has 1 saturated heterocycles. The number of carbonyl (C=O) groups is 3. The highest BCUT2D eigenvalue weighted by atomic mass is 16.6. The number of alkyl carbamates (subject to hydrolysis) is 1. The van der Waals surface area contributed by atoms with E-state index in [4.69, 9.17) is 0 Å². The van der Waals surface area contributed by atoms with E-state index < -0.39 is 35.4 Å². The second kappa shape index (κ2) is 3.62. The topological polar surface area (TPSA) is 92.7 Å². The number of carbonyl (C=O) groups excluding carboxylic acids is 3. The molecule has 0 aliphatic carbocycles. The van der Waals surface area contributed by atoms with Crippen molar-refractivity contribution in [2.24, 2.45) is 11.3 Å². The van der Waals surface area contributed by atoms with Gasteiger partial charge in [-0.2, -0.15) is 0 Å². The second-order valence-corrected chi connectivity index (χ2v) is 4.45. The molecule has 1 fully saturated rings. The van der Waals surface area contributed by atoms with Gasteiger partial charge in [-0.15, -0.1) is 0 Å². The predicted molar refractivity (Wildman–Crippen MR) is 48.6 cm³/mol. The molecule has 0 bridgehead atoms. The van der Waals surface area contributed by atoms with Crippen molar-refractivity contribution in [3.05, 3.63) is 0 Å². The van der Waals surface area contributed by atoms with Crippen LogP contribution in [-0.4, -0.2) is 29.2 Å². The average molecular weight is 215 g/mol. The number of rotatable bonds is 0. The summed E-state index contributed by atoms with van der Waals surface area (Å²) in [6, 6.07) is 0. The molecule has 1 heterocycles. The van der Waals surface area contributed by atoms with Crippen LogP contribution in [0.15, 0.2) is 0 Å². The minimum absolute atomic E-state index is 0.684. The zero-order valence-corrected chi connectivity index (χ0v) is 8.73. The maximum absolute atomic E-state index is 11.6. The predicted octanol–water partition coefficient (Wildman–Crippen LogP) is -0.197. The van der Waals surface area contributed by atoms with Gasteiger partial charge < -0.3 is 9.84 Å². The molecule has 84 valence electrons. The van der Waals surface area contributed by atoms with E-state index in [9.17, 15) is 19.5 Å². The third-order valence-electron chi connectivity index (χ3n) is 2.10. The van der Waals surface area contributed by atoms with Crippen molar-refractivity contribution >= 4 is 17.8 Å². The smallest absolute Gasteiger partial charge is 0.412 e. The van der Waals surface area contributed by atoms with Gasteiger partial charge in [0.05, 0.1) is 0 Å². The van der Waals surface area contributed by atoms with E-state index >= 15 is 0 Å². The van der Waals surface area contributed by atoms with E-state index in [0.29, 0.717) is 0 Å². The summed E-state index contributed by atoms with van der Waals surface area (Å²) in [6.07, 6.45) is -2.98. The van der Waals surface area contributed by atoms with Crippen molar-refractivity contribution in [3.63, 3.8) is 0 Å². The molecule has 1 aliphatic rings. The Hall–Kier alpha value is -1.43. The molecular formula is C9H13NO5. The third kappa shape index (κ3) is 2.33. The number of nitrogens with one attached hydrogen (secondary N) is 1. The van der Waals surface area contributed by atoms with Crippen LogP contribution >= 0.6 is 0 Å². The summed E-state index contributed by atoms with van der Waals surface area (Å²) in [6.45, 7) is 4.99. The molecule has 0 aromatic carbocycles. The van der Waals surface area contributed by atoms with Gasteiger partial charge in [-0.3, -0.25) is 14.9 Å². The molecule has 0 saturated carbocycles. The van der Waals surface area contributed by atoms with Crippen LogP contribution in [0, 0.1) is 11.3 Å². The number of Topliss-reactive ketones (excluding diaryl/α,β-unsaturated/α-hetero) is 1. The summed E-state index contributed by atoms with van der Waals surface area (Å²) < 4.78 is 4.25. The average Bonchev–Trinajstić information content (AvgIpc) is 2.07. The van der Waals surface area contributed by atoms with Gasteiger partial charge in [-0.1, -0.05) is 20.8 Å². The molecule has 15 heavy (non-hydrogen) atoms. The minimum atomic E-state index is -1.87. The summed E-state index contributed by atoms with van der Waals surface area (Å²) in [5.41, 5.74) is -0.684. The van der Waals surface area contributed by atoms with Gasteiger partial charge in [0.25, 0.3) is 6.29 Å². The number of ketones is 1. The number of aliphatic hydroxyl groups excluding tert-OH is 1.